The van der Waals surface area contributed by atoms with E-state index < -0.39 is 17.9 Å². The third kappa shape index (κ3) is 1.67. The van der Waals surface area contributed by atoms with Crippen LogP contribution in [0.25, 0.3) is 0 Å². The van der Waals surface area contributed by atoms with Gasteiger partial charge in [-0.2, -0.15) is 0 Å². The third-order valence-corrected chi connectivity index (χ3v) is 2.38. The summed E-state index contributed by atoms with van der Waals surface area (Å²) < 4.78 is 4.30. The maximum atomic E-state index is 11.7. The molecule has 0 aliphatic carbocycles. The molecule has 1 aliphatic heterocycles. The van der Waals surface area contributed by atoms with Crippen molar-refractivity contribution in [1.82, 2.24) is 15.2 Å². The van der Waals surface area contributed by atoms with Crippen molar-refractivity contribution in [1.29, 1.82) is 0 Å². The van der Waals surface area contributed by atoms with E-state index in [0.29, 0.717) is 19.4 Å². The van der Waals surface area contributed by atoms with Crippen LogP contribution in [-0.2, 0) is 4.79 Å². The molecular weight excluding hydrogens is 202 g/mol. The van der Waals surface area contributed by atoms with E-state index in [4.69, 9.17) is 5.11 Å². The second kappa shape index (κ2) is 3.68. The molecule has 1 aliphatic rings. The molecule has 1 amide bonds. The summed E-state index contributed by atoms with van der Waals surface area (Å²) in [6, 6.07) is -0.755. The quantitative estimate of drug-likeness (QED) is 0.725. The fourth-order valence-electron chi connectivity index (χ4n) is 1.67. The van der Waals surface area contributed by atoms with E-state index in [2.05, 4.69) is 14.9 Å². The summed E-state index contributed by atoms with van der Waals surface area (Å²) in [4.78, 5) is 23.8. The third-order valence-electron chi connectivity index (χ3n) is 2.38. The summed E-state index contributed by atoms with van der Waals surface area (Å²) in [5.74, 6) is -1.43. The first-order valence-electron chi connectivity index (χ1n) is 4.51. The van der Waals surface area contributed by atoms with Gasteiger partial charge in [0.05, 0.1) is 0 Å². The van der Waals surface area contributed by atoms with Gasteiger partial charge in [0.15, 0.2) is 5.69 Å². The molecule has 2 rings (SSSR count). The molecule has 0 aromatic carbocycles. The first-order chi connectivity index (χ1) is 7.20. The largest absolute Gasteiger partial charge is 0.480 e. The number of hydrogen-bond donors (Lipinski definition) is 1. The zero-order chi connectivity index (χ0) is 10.8. The van der Waals surface area contributed by atoms with Crippen molar-refractivity contribution >= 4 is 11.9 Å². The minimum absolute atomic E-state index is 0.0446. The highest BCUT2D eigenvalue weighted by atomic mass is 16.6. The van der Waals surface area contributed by atoms with Gasteiger partial charge in [0.25, 0.3) is 5.91 Å². The summed E-state index contributed by atoms with van der Waals surface area (Å²) in [6.07, 6.45) is 2.35. The van der Waals surface area contributed by atoms with E-state index in [-0.39, 0.29) is 5.69 Å². The number of carboxylic acid groups (broad SMARTS) is 1. The second-order valence-corrected chi connectivity index (χ2v) is 3.29. The van der Waals surface area contributed by atoms with Crippen molar-refractivity contribution in [2.24, 2.45) is 0 Å². The minimum Gasteiger partial charge on any atom is -0.480 e. The molecule has 1 saturated heterocycles. The standard InChI is InChI=1S/C8H9N3O4/c12-7(5-4-9-15-10-5)11-3-1-2-6(11)8(13)14/h4,6H,1-3H2,(H,13,14). The number of amides is 1. The number of carbonyl (C=O) groups excluding carboxylic acids is 1. The van der Waals surface area contributed by atoms with Gasteiger partial charge in [-0.3, -0.25) is 4.79 Å². The van der Waals surface area contributed by atoms with Gasteiger partial charge in [-0.05, 0) is 18.0 Å². The Morgan fingerprint density at radius 2 is 2.40 bits per heavy atom. The van der Waals surface area contributed by atoms with Crippen molar-refractivity contribution < 1.29 is 19.3 Å². The highest BCUT2D eigenvalue weighted by Gasteiger charge is 2.35. The number of likely N-dealkylation sites (tertiary alicyclic amines) is 1. The van der Waals surface area contributed by atoms with Crippen LogP contribution in [-0.4, -0.2) is 44.8 Å². The van der Waals surface area contributed by atoms with Gasteiger partial charge in [-0.25, -0.2) is 9.42 Å². The van der Waals surface area contributed by atoms with Crippen LogP contribution in [0.5, 0.6) is 0 Å². The number of aliphatic carboxylic acids is 1. The van der Waals surface area contributed by atoms with Gasteiger partial charge in [0.1, 0.15) is 12.2 Å². The summed E-state index contributed by atoms with van der Waals surface area (Å²) in [7, 11) is 0. The highest BCUT2D eigenvalue weighted by molar-refractivity contribution is 5.94. The van der Waals surface area contributed by atoms with Crippen molar-refractivity contribution in [2.75, 3.05) is 6.54 Å². The Bertz CT molecular complexity index is 375. The summed E-state index contributed by atoms with van der Waals surface area (Å²) in [5.41, 5.74) is 0.0446. The van der Waals surface area contributed by atoms with Crippen molar-refractivity contribution in [3.63, 3.8) is 0 Å². The Labute approximate surface area is 84.6 Å². The summed E-state index contributed by atoms with van der Waals surface area (Å²) >= 11 is 0. The van der Waals surface area contributed by atoms with E-state index in [1.807, 2.05) is 0 Å². The van der Waals surface area contributed by atoms with Gasteiger partial charge in [-0.1, -0.05) is 5.16 Å². The molecule has 2 heterocycles. The lowest BCUT2D eigenvalue weighted by atomic mass is 10.2. The zero-order valence-electron chi connectivity index (χ0n) is 7.79. The molecule has 0 radical (unpaired) electrons. The monoisotopic (exact) mass is 211 g/mol. The molecule has 1 unspecified atom stereocenters. The van der Waals surface area contributed by atoms with Gasteiger partial charge in [-0.15, -0.1) is 0 Å². The van der Waals surface area contributed by atoms with Crippen LogP contribution in [0.3, 0.4) is 0 Å². The fourth-order valence-corrected chi connectivity index (χ4v) is 1.67. The second-order valence-electron chi connectivity index (χ2n) is 3.29. The molecule has 1 fully saturated rings. The fraction of sp³-hybridized carbons (Fsp3) is 0.500. The molecule has 1 atom stereocenters. The Kier molecular flexibility index (Phi) is 2.36. The summed E-state index contributed by atoms with van der Waals surface area (Å²) in [6.45, 7) is 0.433. The van der Waals surface area contributed by atoms with Crippen molar-refractivity contribution in [3.05, 3.63) is 11.9 Å². The minimum atomic E-state index is -0.989. The lowest BCUT2D eigenvalue weighted by Gasteiger charge is -2.19. The Balaban J connectivity index is 2.17. The van der Waals surface area contributed by atoms with Crippen molar-refractivity contribution in [3.8, 4) is 0 Å². The van der Waals surface area contributed by atoms with E-state index in [9.17, 15) is 9.59 Å². The maximum absolute atomic E-state index is 11.7. The number of carbonyl (C=O) groups is 2. The van der Waals surface area contributed by atoms with E-state index in [1.54, 1.807) is 0 Å². The van der Waals surface area contributed by atoms with E-state index >= 15 is 0 Å². The van der Waals surface area contributed by atoms with E-state index in [1.165, 1.54) is 11.1 Å². The number of rotatable bonds is 2. The number of carboxylic acids is 1. The van der Waals surface area contributed by atoms with Gasteiger partial charge < -0.3 is 10.0 Å². The normalized spacial score (nSPS) is 20.5. The zero-order valence-corrected chi connectivity index (χ0v) is 7.79. The molecule has 1 aromatic heterocycles. The molecule has 7 heteroatoms. The Hall–Kier alpha value is -1.92. The first-order valence-corrected chi connectivity index (χ1v) is 4.51. The van der Waals surface area contributed by atoms with Crippen molar-refractivity contribution in [2.45, 2.75) is 18.9 Å². The van der Waals surface area contributed by atoms with E-state index in [0.717, 1.165) is 0 Å². The number of hydrogen-bond acceptors (Lipinski definition) is 5. The Morgan fingerprint density at radius 1 is 1.60 bits per heavy atom. The molecule has 0 bridgehead atoms. The van der Waals surface area contributed by atoms with Gasteiger partial charge in [0.2, 0.25) is 0 Å². The molecule has 15 heavy (non-hydrogen) atoms. The molecule has 0 saturated carbocycles. The number of aromatic nitrogens is 2. The molecule has 0 spiro atoms. The average Bonchev–Trinajstić information content (AvgIpc) is 2.88. The Morgan fingerprint density at radius 3 is 3.00 bits per heavy atom. The summed E-state index contributed by atoms with van der Waals surface area (Å²) in [5, 5.41) is 15.6. The molecular formula is C8H9N3O4. The van der Waals surface area contributed by atoms with Crippen LogP contribution in [0.15, 0.2) is 10.8 Å². The number of nitrogens with zero attached hydrogens (tertiary/aromatic N) is 3. The van der Waals surface area contributed by atoms with Crippen LogP contribution < -0.4 is 0 Å². The highest BCUT2D eigenvalue weighted by Crippen LogP contribution is 2.19. The predicted molar refractivity (Wildman–Crippen MR) is 46.0 cm³/mol. The van der Waals surface area contributed by atoms with Crippen LogP contribution in [0.1, 0.15) is 23.3 Å². The van der Waals surface area contributed by atoms with Crippen LogP contribution >= 0.6 is 0 Å². The predicted octanol–water partition coefficient (Wildman–Crippen LogP) is -0.241. The molecule has 1 aromatic rings. The van der Waals surface area contributed by atoms with Crippen LogP contribution in [0.2, 0.25) is 0 Å². The van der Waals surface area contributed by atoms with Crippen LogP contribution in [0.4, 0.5) is 0 Å². The topological polar surface area (TPSA) is 96.5 Å². The molecule has 80 valence electrons. The SMILES string of the molecule is O=C(O)C1CCCN1C(=O)c1cnon1. The smallest absolute Gasteiger partial charge is 0.326 e. The first kappa shape index (κ1) is 9.63. The van der Waals surface area contributed by atoms with Gasteiger partial charge >= 0.3 is 5.97 Å². The molecule has 1 N–H and O–H groups in total. The van der Waals surface area contributed by atoms with Gasteiger partial charge in [0, 0.05) is 6.54 Å². The maximum Gasteiger partial charge on any atom is 0.326 e. The lowest BCUT2D eigenvalue weighted by molar-refractivity contribution is -0.141. The van der Waals surface area contributed by atoms with Crippen LogP contribution in [0, 0.1) is 0 Å². The average molecular weight is 211 g/mol. The molecule has 7 nitrogen and oxygen atoms in total. The lowest BCUT2D eigenvalue weighted by Crippen LogP contribution is -2.40.